The lowest BCUT2D eigenvalue weighted by molar-refractivity contribution is 0.0491. The standard InChI is InChI=1S/C52H60O10/c1-5-7-17-35-19-23-39(24-20-35)47-45(41-29-37(33-53)31-43(57-3)49(41)61-47)51(55)59-27-15-13-11-9-10-12-14-16-28-60-52(56)46-42-30-38(34-54)32-44(58-4)50(42)62-48(46)40-25-21-36(22-26-40)18-8-6-2/h9-10,19-26,29-32,53-54H,5-8,11-18,27-28,33-34H2,1-4H3/b10-9+. The molecule has 4 aromatic carbocycles. The highest BCUT2D eigenvalue weighted by Crippen LogP contribution is 2.41. The second kappa shape index (κ2) is 22.8. The maximum atomic E-state index is 13.7. The Hall–Kier alpha value is -5.84. The molecule has 0 unspecified atom stereocenters. The van der Waals surface area contributed by atoms with Gasteiger partial charge in [0.15, 0.2) is 22.7 Å². The number of rotatable bonds is 24. The Morgan fingerprint density at radius 1 is 0.548 bits per heavy atom. The topological polar surface area (TPSA) is 138 Å². The summed E-state index contributed by atoms with van der Waals surface area (Å²) in [5, 5.41) is 20.9. The van der Waals surface area contributed by atoms with E-state index in [1.54, 1.807) is 24.3 Å². The van der Waals surface area contributed by atoms with Gasteiger partial charge in [-0.1, -0.05) is 87.4 Å². The predicted molar refractivity (Wildman–Crippen MR) is 243 cm³/mol. The van der Waals surface area contributed by atoms with Crippen molar-refractivity contribution < 1.29 is 47.6 Å². The summed E-state index contributed by atoms with van der Waals surface area (Å²) in [6, 6.07) is 23.1. The molecule has 0 bridgehead atoms. The molecule has 0 fully saturated rings. The first-order chi connectivity index (χ1) is 30.3. The van der Waals surface area contributed by atoms with E-state index < -0.39 is 11.9 Å². The lowest BCUT2D eigenvalue weighted by atomic mass is 10.0. The summed E-state index contributed by atoms with van der Waals surface area (Å²) in [5.41, 5.74) is 6.70. The van der Waals surface area contributed by atoms with Crippen molar-refractivity contribution in [2.75, 3.05) is 27.4 Å². The van der Waals surface area contributed by atoms with Crippen molar-refractivity contribution >= 4 is 33.9 Å². The van der Waals surface area contributed by atoms with Gasteiger partial charge in [-0.15, -0.1) is 0 Å². The zero-order valence-corrected chi connectivity index (χ0v) is 36.6. The van der Waals surface area contributed by atoms with Crippen molar-refractivity contribution in [3.8, 4) is 34.1 Å². The number of methoxy groups -OCH3 is 2. The van der Waals surface area contributed by atoms with Crippen LogP contribution in [0.5, 0.6) is 11.5 Å². The lowest BCUT2D eigenvalue weighted by Gasteiger charge is -2.07. The highest BCUT2D eigenvalue weighted by Gasteiger charge is 2.28. The first-order valence-electron chi connectivity index (χ1n) is 22.0. The number of furan rings is 2. The van der Waals surface area contributed by atoms with Gasteiger partial charge in [-0.3, -0.25) is 0 Å². The summed E-state index contributed by atoms with van der Waals surface area (Å²) >= 11 is 0. The first kappa shape index (κ1) is 45.7. The Balaban J connectivity index is 0.988. The minimum absolute atomic E-state index is 0.211. The quantitative estimate of drug-likeness (QED) is 0.0344. The van der Waals surface area contributed by atoms with Gasteiger partial charge in [0, 0.05) is 21.9 Å². The molecule has 2 aromatic heterocycles. The van der Waals surface area contributed by atoms with Crippen molar-refractivity contribution in [2.24, 2.45) is 0 Å². The number of fused-ring (bicyclic) bond motifs is 2. The van der Waals surface area contributed by atoms with Gasteiger partial charge in [-0.05, 0) is 111 Å². The van der Waals surface area contributed by atoms with E-state index in [1.807, 2.05) is 24.3 Å². The highest BCUT2D eigenvalue weighted by molar-refractivity contribution is 6.11. The first-order valence-corrected chi connectivity index (χ1v) is 22.0. The monoisotopic (exact) mass is 844 g/mol. The molecule has 0 aliphatic carbocycles. The number of hydrogen-bond acceptors (Lipinski definition) is 10. The molecular formula is C52H60O10. The van der Waals surface area contributed by atoms with Gasteiger partial charge >= 0.3 is 11.9 Å². The summed E-state index contributed by atoms with van der Waals surface area (Å²) in [6.45, 7) is 4.42. The third kappa shape index (κ3) is 11.2. The normalized spacial score (nSPS) is 11.5. The fourth-order valence-corrected chi connectivity index (χ4v) is 7.59. The SMILES string of the molecule is CCCCc1ccc(-c2oc3c(OC)cc(CO)cc3c2C(=O)OCCCC/C=C/CCCCOC(=O)c2c(-c3ccc(CCCC)cc3)oc3c(OC)cc(CO)cc23)cc1. The minimum Gasteiger partial charge on any atom is -0.493 e. The Kier molecular flexibility index (Phi) is 16.8. The third-order valence-electron chi connectivity index (χ3n) is 11.1. The minimum atomic E-state index is -0.481. The van der Waals surface area contributed by atoms with Crippen molar-refractivity contribution in [2.45, 2.75) is 104 Å². The average molecular weight is 845 g/mol. The summed E-state index contributed by atoms with van der Waals surface area (Å²) in [6.07, 6.45) is 15.4. The number of carbonyl (C=O) groups excluding carboxylic acids is 2. The third-order valence-corrected chi connectivity index (χ3v) is 11.1. The van der Waals surface area contributed by atoms with E-state index in [0.717, 1.165) is 75.3 Å². The number of carbonyl (C=O) groups is 2. The van der Waals surface area contributed by atoms with Gasteiger partial charge in [0.05, 0.1) is 40.6 Å². The van der Waals surface area contributed by atoms with E-state index in [9.17, 15) is 19.8 Å². The van der Waals surface area contributed by atoms with Gasteiger partial charge in [-0.2, -0.15) is 0 Å². The van der Waals surface area contributed by atoms with Crippen LogP contribution >= 0.6 is 0 Å². The van der Waals surface area contributed by atoms with Crippen LogP contribution in [0, 0.1) is 0 Å². The number of hydrogen-bond donors (Lipinski definition) is 2. The van der Waals surface area contributed by atoms with Crippen molar-refractivity contribution in [3.63, 3.8) is 0 Å². The Bertz CT molecular complexity index is 2250. The smallest absolute Gasteiger partial charge is 0.342 e. The van der Waals surface area contributed by atoms with Gasteiger partial charge < -0.3 is 38.0 Å². The molecule has 62 heavy (non-hydrogen) atoms. The number of benzene rings is 4. The zero-order valence-electron chi connectivity index (χ0n) is 36.6. The maximum Gasteiger partial charge on any atom is 0.342 e. The molecule has 0 saturated heterocycles. The number of unbranched alkanes of at least 4 members (excludes halogenated alkanes) is 6. The Morgan fingerprint density at radius 3 is 1.31 bits per heavy atom. The molecule has 0 amide bonds. The van der Waals surface area contributed by atoms with Gasteiger partial charge in [0.25, 0.3) is 0 Å². The Morgan fingerprint density at radius 2 is 0.952 bits per heavy atom. The van der Waals surface area contributed by atoms with Gasteiger partial charge in [0.1, 0.15) is 22.6 Å². The number of allylic oxidation sites excluding steroid dienone is 2. The molecule has 0 spiro atoms. The van der Waals surface area contributed by atoms with E-state index in [1.165, 1.54) is 25.3 Å². The van der Waals surface area contributed by atoms with Crippen LogP contribution in [0.15, 0.2) is 93.8 Å². The Labute approximate surface area is 364 Å². The zero-order chi connectivity index (χ0) is 43.8. The van der Waals surface area contributed by atoms with Gasteiger partial charge in [-0.25, -0.2) is 9.59 Å². The summed E-state index contributed by atoms with van der Waals surface area (Å²) in [4.78, 5) is 27.3. The van der Waals surface area contributed by atoms with Crippen molar-refractivity contribution in [1.82, 2.24) is 0 Å². The molecule has 2 heterocycles. The van der Waals surface area contributed by atoms with Crippen LogP contribution in [-0.2, 0) is 35.5 Å². The number of ether oxygens (including phenoxy) is 4. The van der Waals surface area contributed by atoms with E-state index in [4.69, 9.17) is 27.8 Å². The highest BCUT2D eigenvalue weighted by atomic mass is 16.5. The second-order valence-electron chi connectivity index (χ2n) is 15.6. The summed E-state index contributed by atoms with van der Waals surface area (Å²) in [7, 11) is 3.07. The van der Waals surface area contributed by atoms with Crippen molar-refractivity contribution in [3.05, 3.63) is 118 Å². The number of aliphatic hydroxyl groups is 2. The molecule has 0 aliphatic rings. The average Bonchev–Trinajstić information content (AvgIpc) is 3.89. The molecule has 0 saturated carbocycles. The molecule has 0 atom stereocenters. The van der Waals surface area contributed by atoms with Crippen LogP contribution in [-0.4, -0.2) is 49.6 Å². The van der Waals surface area contributed by atoms with Crippen LogP contribution in [0.1, 0.15) is 121 Å². The fraction of sp³-hybridized carbons (Fsp3) is 0.385. The second-order valence-corrected chi connectivity index (χ2v) is 15.6. The van der Waals surface area contributed by atoms with Crippen LogP contribution in [0.3, 0.4) is 0 Å². The molecule has 0 aliphatic heterocycles. The molecule has 328 valence electrons. The number of aryl methyl sites for hydroxylation is 2. The van der Waals surface area contributed by atoms with Gasteiger partial charge in [0.2, 0.25) is 0 Å². The molecular weight excluding hydrogens is 785 g/mol. The van der Waals surface area contributed by atoms with E-state index >= 15 is 0 Å². The van der Waals surface area contributed by atoms with Crippen molar-refractivity contribution in [1.29, 1.82) is 0 Å². The summed E-state index contributed by atoms with van der Waals surface area (Å²) < 4.78 is 35.3. The molecule has 6 aromatic rings. The predicted octanol–water partition coefficient (Wildman–Crippen LogP) is 12.1. The largest absolute Gasteiger partial charge is 0.493 e. The van der Waals surface area contributed by atoms with E-state index in [2.05, 4.69) is 50.3 Å². The lowest BCUT2D eigenvalue weighted by Crippen LogP contribution is -2.07. The number of aliphatic hydroxyl groups excluding tert-OH is 2. The van der Waals surface area contributed by atoms with E-state index in [-0.39, 0.29) is 26.4 Å². The van der Waals surface area contributed by atoms with E-state index in [0.29, 0.717) is 80.1 Å². The van der Waals surface area contributed by atoms with Crippen LogP contribution in [0.25, 0.3) is 44.6 Å². The molecule has 0 radical (unpaired) electrons. The fourth-order valence-electron chi connectivity index (χ4n) is 7.59. The molecule has 6 rings (SSSR count). The molecule has 10 nitrogen and oxygen atoms in total. The van der Waals surface area contributed by atoms with Crippen LogP contribution in [0.4, 0.5) is 0 Å². The number of esters is 2. The molecule has 10 heteroatoms. The molecule has 2 N–H and O–H groups in total. The summed E-state index contributed by atoms with van der Waals surface area (Å²) in [5.74, 6) is 0.748. The maximum absolute atomic E-state index is 13.7. The van der Waals surface area contributed by atoms with Crippen LogP contribution in [0.2, 0.25) is 0 Å². The van der Waals surface area contributed by atoms with Crippen LogP contribution < -0.4 is 9.47 Å².